The van der Waals surface area contributed by atoms with Gasteiger partial charge in [0.05, 0.1) is 24.6 Å². The Labute approximate surface area is 173 Å². The van der Waals surface area contributed by atoms with E-state index in [1.54, 1.807) is 55.6 Å². The van der Waals surface area contributed by atoms with Crippen LogP contribution < -0.4 is 15.6 Å². The summed E-state index contributed by atoms with van der Waals surface area (Å²) in [7, 11) is 1.57. The van der Waals surface area contributed by atoms with Crippen LogP contribution in [0.3, 0.4) is 0 Å². The molecule has 0 aliphatic heterocycles. The summed E-state index contributed by atoms with van der Waals surface area (Å²) in [5.74, 6) is -0.0984. The number of hydrogen-bond acceptors (Lipinski definition) is 6. The van der Waals surface area contributed by atoms with Crippen molar-refractivity contribution in [1.29, 1.82) is 0 Å². The van der Waals surface area contributed by atoms with E-state index in [9.17, 15) is 14.4 Å². The lowest BCUT2D eigenvalue weighted by Crippen LogP contribution is -2.31. The standard InChI is InChI=1S/C22H23N3O5/c1-3-23-20(26)12-19-17-6-4-5-7-18(17)22(28)25(24-19)13-21(27)30-14-15-8-10-16(29-2)11-9-15/h4-11H,3,12-14H2,1-2H3,(H,23,26). The second-order valence-corrected chi connectivity index (χ2v) is 6.59. The van der Waals surface area contributed by atoms with Crippen molar-refractivity contribution in [1.82, 2.24) is 15.1 Å². The van der Waals surface area contributed by atoms with Crippen molar-refractivity contribution < 1.29 is 19.1 Å². The zero-order valence-corrected chi connectivity index (χ0v) is 16.9. The summed E-state index contributed by atoms with van der Waals surface area (Å²) in [6.45, 7) is 2.04. The molecule has 0 aliphatic rings. The summed E-state index contributed by atoms with van der Waals surface area (Å²) in [4.78, 5) is 37.1. The van der Waals surface area contributed by atoms with Crippen molar-refractivity contribution in [3.8, 4) is 5.75 Å². The van der Waals surface area contributed by atoms with Crippen molar-refractivity contribution >= 4 is 22.6 Å². The topological polar surface area (TPSA) is 99.5 Å². The number of rotatable bonds is 8. The Bertz CT molecular complexity index is 1110. The number of nitrogens with one attached hydrogen (secondary N) is 1. The van der Waals surface area contributed by atoms with Crippen molar-refractivity contribution in [2.75, 3.05) is 13.7 Å². The molecule has 156 valence electrons. The molecule has 3 aromatic rings. The quantitative estimate of drug-likeness (QED) is 0.570. The van der Waals surface area contributed by atoms with Gasteiger partial charge in [0.1, 0.15) is 18.9 Å². The molecule has 1 aromatic heterocycles. The van der Waals surface area contributed by atoms with Gasteiger partial charge in [-0.05, 0) is 30.7 Å². The summed E-state index contributed by atoms with van der Waals surface area (Å²) in [6.07, 6.45) is 0.00945. The van der Waals surface area contributed by atoms with Gasteiger partial charge in [-0.25, -0.2) is 4.68 Å². The van der Waals surface area contributed by atoms with Gasteiger partial charge in [-0.3, -0.25) is 14.4 Å². The van der Waals surface area contributed by atoms with Gasteiger partial charge in [0, 0.05) is 11.9 Å². The highest BCUT2D eigenvalue weighted by molar-refractivity contribution is 5.88. The van der Waals surface area contributed by atoms with Gasteiger partial charge in [0.15, 0.2) is 0 Å². The monoisotopic (exact) mass is 409 g/mol. The lowest BCUT2D eigenvalue weighted by molar-refractivity contribution is -0.146. The van der Waals surface area contributed by atoms with Crippen LogP contribution >= 0.6 is 0 Å². The van der Waals surface area contributed by atoms with Gasteiger partial charge in [-0.2, -0.15) is 5.10 Å². The van der Waals surface area contributed by atoms with Crippen molar-refractivity contribution in [3.05, 3.63) is 70.1 Å². The highest BCUT2D eigenvalue weighted by Gasteiger charge is 2.15. The van der Waals surface area contributed by atoms with Crippen LogP contribution in [0.1, 0.15) is 18.2 Å². The average Bonchev–Trinajstić information content (AvgIpc) is 2.76. The van der Waals surface area contributed by atoms with E-state index >= 15 is 0 Å². The fourth-order valence-corrected chi connectivity index (χ4v) is 3.01. The first-order chi connectivity index (χ1) is 14.5. The molecule has 1 amide bonds. The molecule has 0 atom stereocenters. The minimum absolute atomic E-state index is 0.00945. The molecule has 8 nitrogen and oxygen atoms in total. The number of carbonyl (C=O) groups is 2. The maximum Gasteiger partial charge on any atom is 0.328 e. The van der Waals surface area contributed by atoms with Gasteiger partial charge in [0.25, 0.3) is 5.56 Å². The minimum Gasteiger partial charge on any atom is -0.497 e. The molecule has 3 rings (SSSR count). The van der Waals surface area contributed by atoms with Crippen molar-refractivity contribution in [3.63, 3.8) is 0 Å². The van der Waals surface area contributed by atoms with E-state index in [2.05, 4.69) is 10.4 Å². The highest BCUT2D eigenvalue weighted by atomic mass is 16.5. The van der Waals surface area contributed by atoms with Crippen LogP contribution in [0, 0.1) is 0 Å². The van der Waals surface area contributed by atoms with Gasteiger partial charge in [-0.15, -0.1) is 0 Å². The summed E-state index contributed by atoms with van der Waals surface area (Å²) in [5.41, 5.74) is 0.811. The predicted molar refractivity (Wildman–Crippen MR) is 111 cm³/mol. The lowest BCUT2D eigenvalue weighted by atomic mass is 10.1. The molecule has 0 spiro atoms. The Morgan fingerprint density at radius 3 is 2.43 bits per heavy atom. The first kappa shape index (κ1) is 21.0. The van der Waals surface area contributed by atoms with E-state index in [1.807, 2.05) is 6.92 Å². The molecule has 0 aliphatic carbocycles. The number of likely N-dealkylation sites (N-methyl/N-ethyl adjacent to an activating group) is 1. The number of esters is 1. The molecule has 2 aromatic carbocycles. The summed E-state index contributed by atoms with van der Waals surface area (Å²) in [5, 5.41) is 7.97. The second kappa shape index (κ2) is 9.69. The number of benzene rings is 2. The molecular formula is C22H23N3O5. The number of methoxy groups -OCH3 is 1. The van der Waals surface area contributed by atoms with Crippen molar-refractivity contribution in [2.45, 2.75) is 26.5 Å². The average molecular weight is 409 g/mol. The zero-order chi connectivity index (χ0) is 21.5. The molecule has 0 bridgehead atoms. The number of amides is 1. The Kier molecular flexibility index (Phi) is 6.79. The fraction of sp³-hybridized carbons (Fsp3) is 0.273. The number of ether oxygens (including phenoxy) is 2. The Balaban J connectivity index is 1.78. The number of fused-ring (bicyclic) bond motifs is 1. The number of nitrogens with zero attached hydrogens (tertiary/aromatic N) is 2. The number of carbonyl (C=O) groups excluding carboxylic acids is 2. The third-order valence-corrected chi connectivity index (χ3v) is 4.48. The SMILES string of the molecule is CCNC(=O)Cc1nn(CC(=O)OCc2ccc(OC)cc2)c(=O)c2ccccc12. The molecule has 1 heterocycles. The minimum atomic E-state index is -0.598. The maximum absolute atomic E-state index is 12.8. The summed E-state index contributed by atoms with van der Waals surface area (Å²) in [6, 6.07) is 14.0. The van der Waals surface area contributed by atoms with Crippen LogP contribution in [0.5, 0.6) is 5.75 Å². The summed E-state index contributed by atoms with van der Waals surface area (Å²) < 4.78 is 11.4. The second-order valence-electron chi connectivity index (χ2n) is 6.59. The Morgan fingerprint density at radius 2 is 1.77 bits per heavy atom. The summed E-state index contributed by atoms with van der Waals surface area (Å²) >= 11 is 0. The molecule has 0 unspecified atom stereocenters. The van der Waals surface area contributed by atoms with Crippen LogP contribution in [-0.4, -0.2) is 35.3 Å². The lowest BCUT2D eigenvalue weighted by Gasteiger charge is -2.11. The van der Waals surface area contributed by atoms with Crippen LogP contribution in [0.25, 0.3) is 10.8 Å². The van der Waals surface area contributed by atoms with Gasteiger partial charge in [0.2, 0.25) is 5.91 Å². The molecule has 0 saturated carbocycles. The largest absolute Gasteiger partial charge is 0.497 e. The van der Waals surface area contributed by atoms with E-state index in [1.165, 1.54) is 0 Å². The van der Waals surface area contributed by atoms with Crippen LogP contribution in [-0.2, 0) is 33.9 Å². The maximum atomic E-state index is 12.8. The molecule has 30 heavy (non-hydrogen) atoms. The molecule has 1 N–H and O–H groups in total. The predicted octanol–water partition coefficient (Wildman–Crippen LogP) is 1.83. The smallest absolute Gasteiger partial charge is 0.328 e. The molecule has 0 radical (unpaired) electrons. The number of hydrogen-bond donors (Lipinski definition) is 1. The van der Waals surface area contributed by atoms with Gasteiger partial charge < -0.3 is 14.8 Å². The van der Waals surface area contributed by atoms with E-state index in [0.29, 0.717) is 28.8 Å². The van der Waals surface area contributed by atoms with Crippen LogP contribution in [0.4, 0.5) is 0 Å². The van der Waals surface area contributed by atoms with Crippen LogP contribution in [0.2, 0.25) is 0 Å². The molecule has 0 saturated heterocycles. The van der Waals surface area contributed by atoms with E-state index < -0.39 is 11.5 Å². The number of aromatic nitrogens is 2. The Morgan fingerprint density at radius 1 is 1.07 bits per heavy atom. The highest BCUT2D eigenvalue weighted by Crippen LogP contribution is 2.14. The first-order valence-electron chi connectivity index (χ1n) is 9.55. The van der Waals surface area contributed by atoms with Crippen LogP contribution in [0.15, 0.2) is 53.3 Å². The zero-order valence-electron chi connectivity index (χ0n) is 16.9. The third-order valence-electron chi connectivity index (χ3n) is 4.48. The Hall–Kier alpha value is -3.68. The van der Waals surface area contributed by atoms with E-state index in [-0.39, 0.29) is 25.5 Å². The van der Waals surface area contributed by atoms with E-state index in [0.717, 1.165) is 10.2 Å². The molecule has 8 heteroatoms. The van der Waals surface area contributed by atoms with E-state index in [4.69, 9.17) is 9.47 Å². The fourth-order valence-electron chi connectivity index (χ4n) is 3.01. The third kappa shape index (κ3) is 5.02. The molecule has 0 fully saturated rings. The molecular weight excluding hydrogens is 386 g/mol. The van der Waals surface area contributed by atoms with Gasteiger partial charge in [-0.1, -0.05) is 30.3 Å². The van der Waals surface area contributed by atoms with Crippen molar-refractivity contribution in [2.24, 2.45) is 0 Å². The first-order valence-corrected chi connectivity index (χ1v) is 9.55. The normalized spacial score (nSPS) is 10.6. The van der Waals surface area contributed by atoms with Gasteiger partial charge >= 0.3 is 5.97 Å².